The van der Waals surface area contributed by atoms with Crippen molar-refractivity contribution >= 4 is 45.9 Å². The van der Waals surface area contributed by atoms with Crippen molar-refractivity contribution in [2.45, 2.75) is 0 Å². The Balaban J connectivity index is 2.14. The minimum absolute atomic E-state index is 0.184. The summed E-state index contributed by atoms with van der Waals surface area (Å²) in [6.07, 6.45) is 0. The second-order valence-corrected chi connectivity index (χ2v) is 4.79. The molecule has 0 spiro atoms. The first kappa shape index (κ1) is 9.56. The smallest absolute Gasteiger partial charge is 0.258 e. The second kappa shape index (κ2) is 3.43. The molecule has 0 aliphatic carbocycles. The number of rotatable bonds is 0. The Hall–Kier alpha value is -1.66. The van der Waals surface area contributed by atoms with Gasteiger partial charge in [-0.2, -0.15) is 0 Å². The fourth-order valence-corrected chi connectivity index (χ4v) is 3.04. The highest BCUT2D eigenvalue weighted by Gasteiger charge is 2.22. The fourth-order valence-electron chi connectivity index (χ4n) is 1.52. The van der Waals surface area contributed by atoms with Crippen LogP contribution in [0.5, 0.6) is 0 Å². The van der Waals surface area contributed by atoms with Crippen molar-refractivity contribution in [3.63, 3.8) is 0 Å². The minimum atomic E-state index is -0.184. The number of hydrogen-bond donors (Lipinski definition) is 2. The number of anilines is 2. The van der Waals surface area contributed by atoms with Crippen LogP contribution in [0.25, 0.3) is 0 Å². The van der Waals surface area contributed by atoms with Gasteiger partial charge in [0.15, 0.2) is 0 Å². The summed E-state index contributed by atoms with van der Waals surface area (Å²) in [5.74, 6) is -0.369. The standard InChI is InChI=1S/C10H6N2O2S2/c13-9-5-1-15-3-7(5)11-10(14)6-2-16-4-8(6)12-9/h1-4H,(H,11,14)(H,12,13). The molecule has 0 atom stereocenters. The van der Waals surface area contributed by atoms with Crippen molar-refractivity contribution in [3.8, 4) is 0 Å². The lowest BCUT2D eigenvalue weighted by Gasteiger charge is -2.12. The van der Waals surface area contributed by atoms with Crippen molar-refractivity contribution < 1.29 is 9.59 Å². The summed E-state index contributed by atoms with van der Waals surface area (Å²) in [4.78, 5) is 23.7. The van der Waals surface area contributed by atoms with Crippen LogP contribution in [0.15, 0.2) is 21.5 Å². The lowest BCUT2D eigenvalue weighted by molar-refractivity contribution is 0.102. The van der Waals surface area contributed by atoms with E-state index in [0.717, 1.165) is 0 Å². The Kier molecular flexibility index (Phi) is 2.05. The van der Waals surface area contributed by atoms with E-state index in [9.17, 15) is 9.59 Å². The molecule has 16 heavy (non-hydrogen) atoms. The SMILES string of the molecule is O=C1Nc2cscc2C(=O)Nc2cscc21. The molecular formula is C10H6N2O2S2. The second-order valence-electron chi connectivity index (χ2n) is 3.31. The van der Waals surface area contributed by atoms with Gasteiger partial charge in [0.2, 0.25) is 0 Å². The monoisotopic (exact) mass is 250 g/mol. The first-order valence-corrected chi connectivity index (χ1v) is 6.39. The predicted octanol–water partition coefficient (Wildman–Crippen LogP) is 2.63. The highest BCUT2D eigenvalue weighted by Crippen LogP contribution is 2.29. The van der Waals surface area contributed by atoms with Crippen LogP contribution < -0.4 is 10.6 Å². The van der Waals surface area contributed by atoms with E-state index >= 15 is 0 Å². The summed E-state index contributed by atoms with van der Waals surface area (Å²) in [5, 5.41) is 12.4. The van der Waals surface area contributed by atoms with E-state index in [-0.39, 0.29) is 11.8 Å². The van der Waals surface area contributed by atoms with E-state index in [1.165, 1.54) is 22.7 Å². The van der Waals surface area contributed by atoms with E-state index in [0.29, 0.717) is 22.5 Å². The summed E-state index contributed by atoms with van der Waals surface area (Å²) >= 11 is 2.78. The maximum Gasteiger partial charge on any atom is 0.258 e. The number of fused-ring (bicyclic) bond motifs is 2. The molecule has 2 N–H and O–H groups in total. The normalized spacial score (nSPS) is 14.2. The quantitative estimate of drug-likeness (QED) is 0.755. The molecule has 80 valence electrons. The third kappa shape index (κ3) is 1.35. The van der Waals surface area contributed by atoms with E-state index in [1.54, 1.807) is 21.5 Å². The average Bonchev–Trinajstić information content (AvgIpc) is 2.84. The predicted molar refractivity (Wildman–Crippen MR) is 64.5 cm³/mol. The zero-order valence-corrected chi connectivity index (χ0v) is 9.58. The third-order valence-corrected chi connectivity index (χ3v) is 3.80. The van der Waals surface area contributed by atoms with Crippen LogP contribution in [0.2, 0.25) is 0 Å². The molecule has 2 aromatic heterocycles. The molecule has 3 rings (SSSR count). The van der Waals surface area contributed by atoms with Crippen LogP contribution in [-0.2, 0) is 0 Å². The van der Waals surface area contributed by atoms with Gasteiger partial charge in [0.1, 0.15) is 0 Å². The van der Waals surface area contributed by atoms with Gasteiger partial charge in [-0.1, -0.05) is 0 Å². The molecule has 0 aromatic carbocycles. The number of carbonyl (C=O) groups excluding carboxylic acids is 2. The summed E-state index contributed by atoms with van der Waals surface area (Å²) in [6.45, 7) is 0. The Morgan fingerprint density at radius 3 is 1.62 bits per heavy atom. The van der Waals surface area contributed by atoms with Gasteiger partial charge in [-0.15, -0.1) is 22.7 Å². The topological polar surface area (TPSA) is 58.2 Å². The molecule has 0 saturated carbocycles. The van der Waals surface area contributed by atoms with Crippen LogP contribution in [0.1, 0.15) is 20.7 Å². The molecule has 4 nitrogen and oxygen atoms in total. The number of hydrogen-bond acceptors (Lipinski definition) is 4. The number of nitrogens with one attached hydrogen (secondary N) is 2. The van der Waals surface area contributed by atoms with Crippen molar-refractivity contribution in [1.82, 2.24) is 0 Å². The molecular weight excluding hydrogens is 244 g/mol. The van der Waals surface area contributed by atoms with Crippen molar-refractivity contribution in [2.24, 2.45) is 0 Å². The maximum atomic E-state index is 11.8. The van der Waals surface area contributed by atoms with Crippen LogP contribution in [0, 0.1) is 0 Å². The number of carbonyl (C=O) groups is 2. The summed E-state index contributed by atoms with van der Waals surface area (Å²) < 4.78 is 0. The first-order chi connectivity index (χ1) is 7.75. The van der Waals surface area contributed by atoms with Gasteiger partial charge in [-0.25, -0.2) is 0 Å². The fraction of sp³-hybridized carbons (Fsp3) is 0. The van der Waals surface area contributed by atoms with Gasteiger partial charge in [0, 0.05) is 21.5 Å². The molecule has 6 heteroatoms. The summed E-state index contributed by atoms with van der Waals surface area (Å²) in [7, 11) is 0. The molecule has 1 aliphatic heterocycles. The van der Waals surface area contributed by atoms with Crippen molar-refractivity contribution in [3.05, 3.63) is 32.6 Å². The van der Waals surface area contributed by atoms with Crippen LogP contribution in [0.3, 0.4) is 0 Å². The Bertz CT molecular complexity index is 533. The van der Waals surface area contributed by atoms with E-state index in [4.69, 9.17) is 0 Å². The minimum Gasteiger partial charge on any atom is -0.320 e. The molecule has 0 fully saturated rings. The average molecular weight is 250 g/mol. The summed E-state index contributed by atoms with van der Waals surface area (Å²) in [6, 6.07) is 0. The lowest BCUT2D eigenvalue weighted by Crippen LogP contribution is -2.21. The van der Waals surface area contributed by atoms with E-state index in [1.807, 2.05) is 0 Å². The molecule has 0 radical (unpaired) electrons. The zero-order valence-electron chi connectivity index (χ0n) is 7.94. The molecule has 2 aromatic rings. The van der Waals surface area contributed by atoms with Gasteiger partial charge < -0.3 is 10.6 Å². The molecule has 3 heterocycles. The van der Waals surface area contributed by atoms with Gasteiger partial charge in [0.25, 0.3) is 11.8 Å². The molecule has 1 aliphatic rings. The van der Waals surface area contributed by atoms with Crippen molar-refractivity contribution in [2.75, 3.05) is 10.6 Å². The summed E-state index contributed by atoms with van der Waals surface area (Å²) in [5.41, 5.74) is 2.17. The number of thiophene rings is 2. The zero-order chi connectivity index (χ0) is 11.1. The van der Waals surface area contributed by atoms with Gasteiger partial charge >= 0.3 is 0 Å². The van der Waals surface area contributed by atoms with Crippen LogP contribution in [-0.4, -0.2) is 11.8 Å². The molecule has 0 unspecified atom stereocenters. The Morgan fingerprint density at radius 1 is 0.750 bits per heavy atom. The van der Waals surface area contributed by atoms with Gasteiger partial charge in [-0.05, 0) is 0 Å². The molecule has 0 bridgehead atoms. The molecule has 2 amide bonds. The number of amides is 2. The van der Waals surface area contributed by atoms with E-state index in [2.05, 4.69) is 10.6 Å². The van der Waals surface area contributed by atoms with Gasteiger partial charge in [-0.3, -0.25) is 9.59 Å². The third-order valence-electron chi connectivity index (χ3n) is 2.31. The van der Waals surface area contributed by atoms with Crippen LogP contribution >= 0.6 is 22.7 Å². The maximum absolute atomic E-state index is 11.8. The lowest BCUT2D eigenvalue weighted by atomic mass is 10.2. The Morgan fingerprint density at radius 2 is 1.19 bits per heavy atom. The van der Waals surface area contributed by atoms with Crippen molar-refractivity contribution in [1.29, 1.82) is 0 Å². The van der Waals surface area contributed by atoms with E-state index < -0.39 is 0 Å². The van der Waals surface area contributed by atoms with Crippen LogP contribution in [0.4, 0.5) is 11.4 Å². The first-order valence-electron chi connectivity index (χ1n) is 4.51. The highest BCUT2D eigenvalue weighted by atomic mass is 32.1. The van der Waals surface area contributed by atoms with Gasteiger partial charge in [0.05, 0.1) is 22.5 Å². The Labute approximate surface area is 98.9 Å². The highest BCUT2D eigenvalue weighted by molar-refractivity contribution is 7.09. The largest absolute Gasteiger partial charge is 0.320 e. The molecule has 0 saturated heterocycles.